The lowest BCUT2D eigenvalue weighted by Gasteiger charge is -2.27. The van der Waals surface area contributed by atoms with Crippen LogP contribution in [0.15, 0.2) is 115 Å². The van der Waals surface area contributed by atoms with Gasteiger partial charge in [0.2, 0.25) is 5.88 Å². The van der Waals surface area contributed by atoms with E-state index in [9.17, 15) is 10.1 Å². The molecule has 0 aliphatic carbocycles. The molecule has 0 amide bonds. The highest BCUT2D eigenvalue weighted by Crippen LogP contribution is 2.45. The number of nitrogens with zero attached hydrogens (tertiary/aromatic N) is 1. The van der Waals surface area contributed by atoms with Crippen molar-refractivity contribution in [3.05, 3.63) is 142 Å². The van der Waals surface area contributed by atoms with Gasteiger partial charge in [-0.1, -0.05) is 78.3 Å². The van der Waals surface area contributed by atoms with Gasteiger partial charge in [-0.15, -0.1) is 0 Å². The lowest BCUT2D eigenvalue weighted by Crippen LogP contribution is -2.21. The molecule has 0 saturated heterocycles. The summed E-state index contributed by atoms with van der Waals surface area (Å²) in [6.45, 7) is 0.256. The molecule has 1 heterocycles. The van der Waals surface area contributed by atoms with Crippen LogP contribution in [0.5, 0.6) is 23.0 Å². The van der Waals surface area contributed by atoms with Crippen LogP contribution in [0.4, 0.5) is 0 Å². The highest BCUT2D eigenvalue weighted by atomic mass is 35.5. The van der Waals surface area contributed by atoms with E-state index in [-0.39, 0.29) is 23.8 Å². The minimum atomic E-state index is -0.553. The van der Waals surface area contributed by atoms with Crippen LogP contribution in [-0.4, -0.2) is 13.1 Å². The van der Waals surface area contributed by atoms with Crippen LogP contribution < -0.4 is 24.7 Å². The number of nitriles is 1. The molecule has 1 aliphatic heterocycles. The van der Waals surface area contributed by atoms with Crippen molar-refractivity contribution in [2.24, 2.45) is 5.73 Å². The molecule has 0 fully saturated rings. The number of benzene rings is 5. The van der Waals surface area contributed by atoms with Gasteiger partial charge in [0, 0.05) is 22.2 Å². The van der Waals surface area contributed by atoms with E-state index in [0.29, 0.717) is 33.4 Å². The number of carbonyl (C=O) groups excluding carboxylic acids is 1. The van der Waals surface area contributed by atoms with Crippen molar-refractivity contribution in [2.75, 3.05) is 7.11 Å². The number of hydrogen-bond donors (Lipinski definition) is 1. The molecule has 5 aromatic carbocycles. The third-order valence-electron chi connectivity index (χ3n) is 7.27. The van der Waals surface area contributed by atoms with Crippen molar-refractivity contribution in [1.29, 1.82) is 5.26 Å². The molecule has 212 valence electrons. The second-order valence-electron chi connectivity index (χ2n) is 9.83. The van der Waals surface area contributed by atoms with Crippen molar-refractivity contribution in [1.82, 2.24) is 0 Å². The number of rotatable bonds is 7. The predicted molar refractivity (Wildman–Crippen MR) is 163 cm³/mol. The maximum atomic E-state index is 13.1. The van der Waals surface area contributed by atoms with Crippen molar-refractivity contribution in [3.8, 4) is 29.1 Å². The Morgan fingerprint density at radius 3 is 2.56 bits per heavy atom. The van der Waals surface area contributed by atoms with Gasteiger partial charge in [0.1, 0.15) is 29.7 Å². The lowest BCUT2D eigenvalue weighted by atomic mass is 9.83. The fourth-order valence-electron chi connectivity index (χ4n) is 5.16. The first-order chi connectivity index (χ1) is 21.0. The first-order valence-corrected chi connectivity index (χ1v) is 13.8. The molecule has 43 heavy (non-hydrogen) atoms. The van der Waals surface area contributed by atoms with Crippen molar-refractivity contribution in [3.63, 3.8) is 0 Å². The summed E-state index contributed by atoms with van der Waals surface area (Å²) in [6.07, 6.45) is 0. The molecule has 0 saturated carbocycles. The van der Waals surface area contributed by atoms with Crippen LogP contribution in [0.2, 0.25) is 5.02 Å². The Labute approximate surface area is 253 Å². The normalized spacial score (nSPS) is 13.9. The molecule has 8 heteroatoms. The van der Waals surface area contributed by atoms with E-state index >= 15 is 0 Å². The summed E-state index contributed by atoms with van der Waals surface area (Å²) in [4.78, 5) is 13.1. The second kappa shape index (κ2) is 11.8. The summed E-state index contributed by atoms with van der Waals surface area (Å²) in [5, 5.41) is 12.4. The number of fused-ring (bicyclic) bond motifs is 2. The third kappa shape index (κ3) is 5.44. The van der Waals surface area contributed by atoms with Gasteiger partial charge in [0.05, 0.1) is 18.6 Å². The number of carbonyl (C=O) groups is 1. The van der Waals surface area contributed by atoms with Crippen LogP contribution in [0.3, 0.4) is 0 Å². The third-order valence-corrected chi connectivity index (χ3v) is 7.64. The van der Waals surface area contributed by atoms with Gasteiger partial charge in [0.15, 0.2) is 11.5 Å². The van der Waals surface area contributed by atoms with Crippen molar-refractivity contribution >= 4 is 28.3 Å². The van der Waals surface area contributed by atoms with Gasteiger partial charge in [0.25, 0.3) is 0 Å². The standard InChI is InChI=1S/C35H25ClN2O5/c1-40-32-17-22(13-16-30(32)41-20-23-8-3-5-12-29(23)36)33-27-15-14-24(18-31(27)43-34(38)28(33)19-37)42-35(39)26-11-6-9-21-7-2-4-10-25(21)26/h2-18,33H,20,38H2,1H3. The number of esters is 1. The van der Waals surface area contributed by atoms with E-state index in [1.807, 2.05) is 60.7 Å². The van der Waals surface area contributed by atoms with E-state index in [0.717, 1.165) is 21.9 Å². The van der Waals surface area contributed by atoms with Crippen LogP contribution in [0, 0.1) is 11.3 Å². The SMILES string of the molecule is COc1cc(C2C(C#N)=C(N)Oc3cc(OC(=O)c4cccc5ccccc45)ccc32)ccc1OCc1ccccc1Cl. The van der Waals surface area contributed by atoms with Crippen LogP contribution >= 0.6 is 11.6 Å². The van der Waals surface area contributed by atoms with Gasteiger partial charge in [-0.05, 0) is 46.7 Å². The van der Waals surface area contributed by atoms with Crippen LogP contribution in [-0.2, 0) is 6.61 Å². The van der Waals surface area contributed by atoms with Gasteiger partial charge in [-0.2, -0.15) is 5.26 Å². The van der Waals surface area contributed by atoms with Crippen molar-refractivity contribution < 1.29 is 23.7 Å². The average molecular weight is 589 g/mol. The summed E-state index contributed by atoms with van der Waals surface area (Å²) >= 11 is 6.28. The average Bonchev–Trinajstić information content (AvgIpc) is 3.03. The van der Waals surface area contributed by atoms with Crippen LogP contribution in [0.1, 0.15) is 33.0 Å². The summed E-state index contributed by atoms with van der Waals surface area (Å²) in [5.41, 5.74) is 9.19. The Bertz CT molecular complexity index is 1940. The number of allylic oxidation sites excluding steroid dienone is 1. The van der Waals surface area contributed by atoms with Gasteiger partial charge < -0.3 is 24.7 Å². The summed E-state index contributed by atoms with van der Waals surface area (Å²) in [7, 11) is 1.55. The van der Waals surface area contributed by atoms with E-state index < -0.39 is 11.9 Å². The van der Waals surface area contributed by atoms with Crippen LogP contribution in [0.25, 0.3) is 10.8 Å². The van der Waals surface area contributed by atoms with E-state index in [1.54, 1.807) is 49.6 Å². The Morgan fingerprint density at radius 1 is 0.953 bits per heavy atom. The molecule has 0 bridgehead atoms. The molecule has 5 aromatic rings. The molecule has 7 nitrogen and oxygen atoms in total. The first kappa shape index (κ1) is 27.7. The topological polar surface area (TPSA) is 104 Å². The number of halogens is 1. The Hall–Kier alpha value is -5.45. The number of hydrogen-bond acceptors (Lipinski definition) is 7. The minimum Gasteiger partial charge on any atom is -0.493 e. The summed E-state index contributed by atoms with van der Waals surface area (Å²) in [5.74, 6) is 0.576. The van der Waals surface area contributed by atoms with Gasteiger partial charge >= 0.3 is 5.97 Å². The molecule has 1 aliphatic rings. The monoisotopic (exact) mass is 588 g/mol. The Balaban J connectivity index is 1.30. The first-order valence-electron chi connectivity index (χ1n) is 13.4. The van der Waals surface area contributed by atoms with E-state index in [1.165, 1.54) is 0 Å². The molecule has 1 atom stereocenters. The quantitative estimate of drug-likeness (QED) is 0.155. The zero-order valence-electron chi connectivity index (χ0n) is 23.0. The predicted octanol–water partition coefficient (Wildman–Crippen LogP) is 7.52. The van der Waals surface area contributed by atoms with E-state index in [4.69, 9.17) is 36.3 Å². The van der Waals surface area contributed by atoms with Gasteiger partial charge in [-0.25, -0.2) is 4.79 Å². The molecular formula is C35H25ClN2O5. The van der Waals surface area contributed by atoms with Gasteiger partial charge in [-0.3, -0.25) is 0 Å². The fourth-order valence-corrected chi connectivity index (χ4v) is 5.35. The number of methoxy groups -OCH3 is 1. The molecule has 0 radical (unpaired) electrons. The largest absolute Gasteiger partial charge is 0.493 e. The Morgan fingerprint density at radius 2 is 1.74 bits per heavy atom. The van der Waals surface area contributed by atoms with E-state index in [2.05, 4.69) is 6.07 Å². The smallest absolute Gasteiger partial charge is 0.344 e. The molecule has 2 N–H and O–H groups in total. The number of ether oxygens (including phenoxy) is 4. The molecular weight excluding hydrogens is 564 g/mol. The highest BCUT2D eigenvalue weighted by molar-refractivity contribution is 6.31. The molecule has 6 rings (SSSR count). The maximum absolute atomic E-state index is 13.1. The fraction of sp³-hybridized carbons (Fsp3) is 0.0857. The molecule has 1 unspecified atom stereocenters. The zero-order chi connectivity index (χ0) is 29.9. The molecule has 0 aromatic heterocycles. The van der Waals surface area contributed by atoms with Crippen molar-refractivity contribution in [2.45, 2.75) is 12.5 Å². The number of nitrogens with two attached hydrogens (primary N) is 1. The summed E-state index contributed by atoms with van der Waals surface area (Å²) in [6, 6.07) is 33.2. The molecule has 0 spiro atoms. The second-order valence-corrected chi connectivity index (χ2v) is 10.2. The highest BCUT2D eigenvalue weighted by Gasteiger charge is 2.32. The maximum Gasteiger partial charge on any atom is 0.344 e. The zero-order valence-corrected chi connectivity index (χ0v) is 23.8. The lowest BCUT2D eigenvalue weighted by molar-refractivity contribution is 0.0736. The summed E-state index contributed by atoms with van der Waals surface area (Å²) < 4.78 is 23.2. The minimum absolute atomic E-state index is 0.0319. The Kier molecular flexibility index (Phi) is 7.61.